The van der Waals surface area contributed by atoms with Gasteiger partial charge >= 0.3 is 0 Å². The number of likely N-dealkylation sites (tertiary alicyclic amines) is 1. The van der Waals surface area contributed by atoms with Gasteiger partial charge in [-0.3, -0.25) is 24.5 Å². The molecule has 5 heterocycles. The highest BCUT2D eigenvalue weighted by Gasteiger charge is 2.31. The number of methoxy groups -OCH3 is 5. The van der Waals surface area contributed by atoms with Crippen molar-refractivity contribution in [2.75, 3.05) is 177 Å². The largest absolute Gasteiger partial charge is 0.393 e. The van der Waals surface area contributed by atoms with Crippen LogP contribution in [0, 0.1) is 0 Å². The van der Waals surface area contributed by atoms with Gasteiger partial charge in [-0.2, -0.15) is 0 Å². The quantitative estimate of drug-likeness (QED) is 0.160. The van der Waals surface area contributed by atoms with Gasteiger partial charge in [0.1, 0.15) is 18.6 Å². The maximum atomic E-state index is 9.02. The van der Waals surface area contributed by atoms with E-state index in [2.05, 4.69) is 9.80 Å². The Balaban J connectivity index is 0.000000804. The van der Waals surface area contributed by atoms with Gasteiger partial charge in [-0.15, -0.1) is 0 Å². The van der Waals surface area contributed by atoms with Crippen LogP contribution in [0.25, 0.3) is 0 Å². The summed E-state index contributed by atoms with van der Waals surface area (Å²) in [5.41, 5.74) is 0.468. The fourth-order valence-electron chi connectivity index (χ4n) is 7.21. The van der Waals surface area contributed by atoms with E-state index in [1.807, 2.05) is 96.3 Å². The summed E-state index contributed by atoms with van der Waals surface area (Å²) in [4.78, 5) is 10.0. The molecular weight excluding hydrogens is 939 g/mol. The van der Waals surface area contributed by atoms with E-state index in [-0.39, 0.29) is 82.0 Å². The summed E-state index contributed by atoms with van der Waals surface area (Å²) in [6, 6.07) is 9.66. The van der Waals surface area contributed by atoms with E-state index in [4.69, 9.17) is 77.6 Å². The van der Waals surface area contributed by atoms with E-state index in [0.29, 0.717) is 0 Å². The first-order chi connectivity index (χ1) is 34.5. The van der Waals surface area contributed by atoms with Crippen molar-refractivity contribution in [1.82, 2.24) is 24.5 Å². The van der Waals surface area contributed by atoms with E-state index in [1.165, 1.54) is 38.5 Å². The monoisotopic (exact) mass is 1040 g/mol. The number of likely N-dealkylation sites (N-methyl/N-ethyl adjacent to an activating group) is 1. The molecule has 1 saturated carbocycles. The Bertz CT molecular complexity index is 1270. The summed E-state index contributed by atoms with van der Waals surface area (Å²) in [7, 11) is 19.5. The van der Waals surface area contributed by atoms with Crippen molar-refractivity contribution in [2.45, 2.75) is 121 Å². The number of ether oxygens (including phenoxy) is 11. The molecule has 428 valence electrons. The molecule has 0 bridgehead atoms. The van der Waals surface area contributed by atoms with Crippen molar-refractivity contribution >= 4 is 0 Å². The summed E-state index contributed by atoms with van der Waals surface area (Å²) in [6.45, 7) is 13.1. The van der Waals surface area contributed by atoms with Crippen LogP contribution in [0.1, 0.15) is 83.3 Å². The molecule has 0 radical (unpaired) electrons. The second-order valence-corrected chi connectivity index (χ2v) is 18.8. The van der Waals surface area contributed by atoms with Gasteiger partial charge in [0.2, 0.25) is 19.2 Å². The first-order valence-electron chi connectivity index (χ1n) is 25.5. The molecular formula is C51H103N5O16. The fraction of sp³-hybridized carbons (Fsp3) is 0.882. The van der Waals surface area contributed by atoms with Crippen molar-refractivity contribution in [2.24, 2.45) is 0 Å². The van der Waals surface area contributed by atoms with E-state index in [0.717, 1.165) is 90.6 Å². The van der Waals surface area contributed by atoms with Crippen LogP contribution in [-0.2, 0) is 52.1 Å². The molecule has 72 heavy (non-hydrogen) atoms. The number of benzene rings is 1. The maximum Gasteiger partial charge on any atom is 0.218 e. The summed E-state index contributed by atoms with van der Waals surface area (Å²) in [5, 5.41) is 43.8. The third-order valence-corrected chi connectivity index (χ3v) is 12.1. The van der Waals surface area contributed by atoms with Gasteiger partial charge in [0.15, 0.2) is 0 Å². The number of hydrogen-bond acceptors (Lipinski definition) is 21. The molecule has 0 spiro atoms. The molecule has 5 aliphatic heterocycles. The molecule has 6 aliphatic rings. The Morgan fingerprint density at radius 1 is 0.597 bits per heavy atom. The third kappa shape index (κ3) is 31.4. The average molecular weight is 1040 g/mol. The average Bonchev–Trinajstić information content (AvgIpc) is 4.23. The van der Waals surface area contributed by atoms with Crippen molar-refractivity contribution in [3.05, 3.63) is 35.9 Å². The molecule has 0 amide bonds. The van der Waals surface area contributed by atoms with Crippen LogP contribution in [-0.4, -0.2) is 270 Å². The van der Waals surface area contributed by atoms with Gasteiger partial charge in [0.25, 0.3) is 0 Å². The van der Waals surface area contributed by atoms with E-state index in [1.54, 1.807) is 40.4 Å². The topological polar surface area (TPSA) is 219 Å². The normalized spacial score (nSPS) is 20.7. The highest BCUT2D eigenvalue weighted by Crippen LogP contribution is 2.30. The number of piperidine rings is 1. The molecule has 0 aromatic heterocycles. The molecule has 1 aliphatic carbocycles. The van der Waals surface area contributed by atoms with Crippen LogP contribution in [0.2, 0.25) is 0 Å². The van der Waals surface area contributed by atoms with Crippen LogP contribution < -0.4 is 0 Å². The third-order valence-electron chi connectivity index (χ3n) is 12.1. The molecule has 7 rings (SSSR count). The number of nitrogens with zero attached hydrogens (tertiary/aromatic N) is 5. The van der Waals surface area contributed by atoms with Crippen molar-refractivity contribution in [1.29, 1.82) is 0 Å². The molecule has 5 N–H and O–H groups in total. The van der Waals surface area contributed by atoms with Gasteiger partial charge in [-0.25, -0.2) is 0 Å². The highest BCUT2D eigenvalue weighted by atomic mass is 16.7. The summed E-state index contributed by atoms with van der Waals surface area (Å²) in [5.74, 6) is 0. The Morgan fingerprint density at radius 3 is 1.40 bits per heavy atom. The van der Waals surface area contributed by atoms with Crippen molar-refractivity contribution < 1.29 is 77.6 Å². The predicted octanol–water partition coefficient (Wildman–Crippen LogP) is 2.83. The molecule has 2 unspecified atom stereocenters. The first kappa shape index (κ1) is 70.4. The Kier molecular flexibility index (Phi) is 42.5. The fourth-order valence-corrected chi connectivity index (χ4v) is 7.21. The lowest BCUT2D eigenvalue weighted by Crippen LogP contribution is -2.42. The van der Waals surface area contributed by atoms with Crippen LogP contribution in [0.15, 0.2) is 30.3 Å². The second-order valence-electron chi connectivity index (χ2n) is 18.8. The zero-order valence-corrected chi connectivity index (χ0v) is 46.8. The summed E-state index contributed by atoms with van der Waals surface area (Å²) < 4.78 is 56.2. The van der Waals surface area contributed by atoms with Gasteiger partial charge in [0, 0.05) is 61.7 Å². The van der Waals surface area contributed by atoms with Crippen LogP contribution in [0.3, 0.4) is 0 Å². The molecule has 1 aromatic rings. The van der Waals surface area contributed by atoms with Crippen LogP contribution >= 0.6 is 0 Å². The lowest BCUT2D eigenvalue weighted by Gasteiger charge is -2.33. The molecule has 21 heteroatoms. The van der Waals surface area contributed by atoms with E-state index >= 15 is 0 Å². The molecule has 5 saturated heterocycles. The standard InChI is InChI=1S/C9H12O2.C8H17NO2.C8H16O2.C6H13NO2.C5H9NO2.C5H11NO2.C5H13NO2.C5H12O2/c1-11-9(7-10)8-5-3-2-4-6-8;1-11-8(7-10)9-5-3-2-4-6-9;1-10-8(7-9)5-3-2-4-6-8;1-7(2)6-8-4-3-5-9-6;1-3-7-5-6(1)2-4-8-5;1-6(2)5-7-3-4-8-5;1-6(2)5(4-7)8-3;1-5(2,4-6)7-3/h2-6,9-10H,7H2,1H3;8,10H,2-7H2,1H3;9H,2-7H2,1H3;6H,3-5H2,1-2H3;5H,1-4H2;5H,3-4H2,1-2H3;5,7H,4H2,1-3H3;6H,4H2,1-3H3/t9-;;;;;;;/m0......./s1. The molecule has 3 atom stereocenters. The zero-order valence-electron chi connectivity index (χ0n) is 46.8. The minimum absolute atomic E-state index is 0.00926. The number of fused-ring (bicyclic) bond motifs is 1. The van der Waals surface area contributed by atoms with Crippen molar-refractivity contribution in [3.63, 3.8) is 0 Å². The van der Waals surface area contributed by atoms with Gasteiger partial charge in [-0.05, 0) is 93.8 Å². The van der Waals surface area contributed by atoms with E-state index in [9.17, 15) is 0 Å². The number of aliphatic hydroxyl groups excluding tert-OH is 5. The smallest absolute Gasteiger partial charge is 0.218 e. The second kappa shape index (κ2) is 43.5. The SMILES string of the molecule is C1CN2CCOC2O1.CN(C)C1OCCCO1.CN(C)C1OCCO1.COC(C)(C)CO.COC(CO)N(C)C.COC(CO)N1CCCCC1.COC1(CO)CCCCC1.CO[C@@H](CO)c1ccccc1. The minimum atomic E-state index is -0.361. The highest BCUT2D eigenvalue weighted by molar-refractivity contribution is 5.17. The lowest BCUT2D eigenvalue weighted by atomic mass is 9.85. The molecule has 6 fully saturated rings. The van der Waals surface area contributed by atoms with Gasteiger partial charge in [-0.1, -0.05) is 56.0 Å². The van der Waals surface area contributed by atoms with Gasteiger partial charge in [0.05, 0.1) is 83.9 Å². The summed E-state index contributed by atoms with van der Waals surface area (Å²) in [6.07, 6.45) is 9.95. The van der Waals surface area contributed by atoms with E-state index < -0.39 is 0 Å². The predicted molar refractivity (Wildman–Crippen MR) is 277 cm³/mol. The Hall–Kier alpha value is -1.62. The van der Waals surface area contributed by atoms with Gasteiger partial charge < -0.3 is 77.6 Å². The Morgan fingerprint density at radius 2 is 1.11 bits per heavy atom. The van der Waals surface area contributed by atoms with Crippen LogP contribution in [0.5, 0.6) is 0 Å². The lowest BCUT2D eigenvalue weighted by molar-refractivity contribution is -0.239. The van der Waals surface area contributed by atoms with Crippen molar-refractivity contribution in [3.8, 4) is 0 Å². The molecule has 21 nitrogen and oxygen atoms in total. The number of hydrogen-bond donors (Lipinski definition) is 5. The number of rotatable bonds is 15. The first-order valence-corrected chi connectivity index (χ1v) is 25.5. The maximum absolute atomic E-state index is 9.02. The zero-order chi connectivity index (χ0) is 54.2. The Labute approximate surface area is 434 Å². The minimum Gasteiger partial charge on any atom is -0.393 e. The number of aliphatic hydroxyl groups is 5. The summed E-state index contributed by atoms with van der Waals surface area (Å²) >= 11 is 0. The molecule has 1 aromatic carbocycles. The van der Waals surface area contributed by atoms with Crippen LogP contribution in [0.4, 0.5) is 0 Å².